The topological polar surface area (TPSA) is 69.7 Å². The number of hydrogen-bond acceptors (Lipinski definition) is 3. The Morgan fingerprint density at radius 2 is 2.07 bits per heavy atom. The van der Waals surface area contributed by atoms with Crippen molar-refractivity contribution in [2.45, 2.75) is 13.8 Å². The average Bonchev–Trinajstić information content (AvgIpc) is 2.42. The number of nitrogens with zero attached hydrogens (tertiary/aromatic N) is 2. The van der Waals surface area contributed by atoms with E-state index in [0.29, 0.717) is 13.1 Å². The second-order valence-corrected chi connectivity index (χ2v) is 2.84. The van der Waals surface area contributed by atoms with E-state index in [0.717, 1.165) is 9.80 Å². The van der Waals surface area contributed by atoms with Gasteiger partial charge in [-0.25, -0.2) is 14.5 Å². The number of rotatable bonds is 2. The molecule has 0 atom stereocenters. The van der Waals surface area contributed by atoms with Crippen molar-refractivity contribution in [1.29, 1.82) is 0 Å². The van der Waals surface area contributed by atoms with E-state index in [-0.39, 0.29) is 12.5 Å². The molecule has 1 N–H and O–H groups in total. The van der Waals surface area contributed by atoms with Gasteiger partial charge in [-0.3, -0.25) is 9.69 Å². The summed E-state index contributed by atoms with van der Waals surface area (Å²) in [5.41, 5.74) is 0. The zero-order chi connectivity index (χ0) is 10.7. The molecular weight excluding hydrogens is 186 g/mol. The molecular formula is C8H13N3O3. The van der Waals surface area contributed by atoms with Crippen LogP contribution in [0, 0.1) is 0 Å². The van der Waals surface area contributed by atoms with Crippen molar-refractivity contribution in [3.05, 3.63) is 0 Å². The largest absolute Gasteiger partial charge is 0.338 e. The average molecular weight is 199 g/mol. The lowest BCUT2D eigenvalue weighted by molar-refractivity contribution is -0.125. The van der Waals surface area contributed by atoms with Crippen molar-refractivity contribution in [3.63, 3.8) is 0 Å². The highest BCUT2D eigenvalue weighted by atomic mass is 16.2. The van der Waals surface area contributed by atoms with Gasteiger partial charge < -0.3 is 5.32 Å². The van der Waals surface area contributed by atoms with Gasteiger partial charge in [-0.2, -0.15) is 0 Å². The Bertz CT molecular complexity index is 277. The zero-order valence-corrected chi connectivity index (χ0v) is 8.24. The normalized spacial score (nSPS) is 16.4. The van der Waals surface area contributed by atoms with Crippen LogP contribution in [0.25, 0.3) is 0 Å². The molecule has 6 nitrogen and oxygen atoms in total. The maximum Gasteiger partial charge on any atom is 0.335 e. The van der Waals surface area contributed by atoms with Gasteiger partial charge in [0.1, 0.15) is 6.54 Å². The molecule has 78 valence electrons. The second-order valence-electron chi connectivity index (χ2n) is 2.84. The first-order valence-corrected chi connectivity index (χ1v) is 4.51. The molecule has 1 aliphatic heterocycles. The van der Waals surface area contributed by atoms with E-state index in [1.807, 2.05) is 0 Å². The van der Waals surface area contributed by atoms with Crippen molar-refractivity contribution < 1.29 is 14.4 Å². The van der Waals surface area contributed by atoms with E-state index in [1.54, 1.807) is 13.8 Å². The number of imide groups is 2. The Labute approximate surface area is 81.8 Å². The fraction of sp³-hybridized carbons (Fsp3) is 0.625. The predicted octanol–water partition coefficient (Wildman–Crippen LogP) is 0.000000000000000222. The third-order valence-electron chi connectivity index (χ3n) is 1.95. The SMILES string of the molecule is CCNC(=O)N1CC(=O)N(CC)C1=O. The van der Waals surface area contributed by atoms with Crippen molar-refractivity contribution >= 4 is 18.0 Å². The second kappa shape index (κ2) is 4.08. The van der Waals surface area contributed by atoms with Crippen molar-refractivity contribution in [3.8, 4) is 0 Å². The number of carbonyl (C=O) groups excluding carboxylic acids is 3. The van der Waals surface area contributed by atoms with Crippen LogP contribution in [0.4, 0.5) is 9.59 Å². The lowest BCUT2D eigenvalue weighted by Crippen LogP contribution is -2.42. The first-order valence-electron chi connectivity index (χ1n) is 4.51. The van der Waals surface area contributed by atoms with Gasteiger partial charge in [0.15, 0.2) is 0 Å². The van der Waals surface area contributed by atoms with Crippen LogP contribution in [0.3, 0.4) is 0 Å². The Balaban J connectivity index is 2.71. The van der Waals surface area contributed by atoms with E-state index in [1.165, 1.54) is 0 Å². The summed E-state index contributed by atoms with van der Waals surface area (Å²) in [6.07, 6.45) is 0. The van der Waals surface area contributed by atoms with Crippen molar-refractivity contribution in [2.75, 3.05) is 19.6 Å². The molecule has 0 bridgehead atoms. The lowest BCUT2D eigenvalue weighted by atomic mass is 10.5. The molecule has 1 heterocycles. The number of nitrogens with one attached hydrogen (secondary N) is 1. The molecule has 6 heteroatoms. The molecule has 0 aliphatic carbocycles. The summed E-state index contributed by atoms with van der Waals surface area (Å²) in [4.78, 5) is 35.9. The smallest absolute Gasteiger partial charge is 0.335 e. The van der Waals surface area contributed by atoms with Gasteiger partial charge in [-0.1, -0.05) is 0 Å². The standard InChI is InChI=1S/C8H13N3O3/c1-3-9-7(13)11-5-6(12)10(4-2)8(11)14/h3-5H2,1-2H3,(H,9,13). The van der Waals surface area contributed by atoms with Gasteiger partial charge in [0.2, 0.25) is 0 Å². The third kappa shape index (κ3) is 1.68. The number of carbonyl (C=O) groups is 3. The number of urea groups is 2. The van der Waals surface area contributed by atoms with Gasteiger partial charge in [-0.05, 0) is 13.8 Å². The Morgan fingerprint density at radius 3 is 2.50 bits per heavy atom. The summed E-state index contributed by atoms with van der Waals surface area (Å²) in [5, 5.41) is 2.47. The Kier molecular flexibility index (Phi) is 3.06. The molecule has 0 aromatic carbocycles. The molecule has 0 unspecified atom stereocenters. The Hall–Kier alpha value is -1.59. The predicted molar refractivity (Wildman–Crippen MR) is 48.6 cm³/mol. The first kappa shape index (κ1) is 10.5. The van der Waals surface area contributed by atoms with Crippen LogP contribution in [0.15, 0.2) is 0 Å². The molecule has 1 fully saturated rings. The summed E-state index contributed by atoms with van der Waals surface area (Å²) >= 11 is 0. The molecule has 1 saturated heterocycles. The highest BCUT2D eigenvalue weighted by Crippen LogP contribution is 2.09. The van der Waals surface area contributed by atoms with Gasteiger partial charge >= 0.3 is 12.1 Å². The van der Waals surface area contributed by atoms with Crippen LogP contribution < -0.4 is 5.32 Å². The molecule has 1 rings (SSSR count). The maximum atomic E-state index is 11.4. The maximum absolute atomic E-state index is 11.4. The third-order valence-corrected chi connectivity index (χ3v) is 1.95. The molecule has 14 heavy (non-hydrogen) atoms. The van der Waals surface area contributed by atoms with Crippen LogP contribution in [-0.4, -0.2) is 47.4 Å². The van der Waals surface area contributed by atoms with Gasteiger partial charge in [0, 0.05) is 13.1 Å². The monoisotopic (exact) mass is 199 g/mol. The molecule has 0 aromatic rings. The van der Waals surface area contributed by atoms with Crippen molar-refractivity contribution in [1.82, 2.24) is 15.1 Å². The highest BCUT2D eigenvalue weighted by Gasteiger charge is 2.38. The number of likely N-dealkylation sites (N-methyl/N-ethyl adjacent to an activating group) is 1. The lowest BCUT2D eigenvalue weighted by Gasteiger charge is -2.14. The zero-order valence-electron chi connectivity index (χ0n) is 8.24. The van der Waals surface area contributed by atoms with Crippen LogP contribution in [0.2, 0.25) is 0 Å². The van der Waals surface area contributed by atoms with Crippen LogP contribution in [-0.2, 0) is 4.79 Å². The van der Waals surface area contributed by atoms with E-state index in [9.17, 15) is 14.4 Å². The molecule has 0 saturated carbocycles. The summed E-state index contributed by atoms with van der Waals surface area (Å²) in [5.74, 6) is -0.330. The first-order chi connectivity index (χ1) is 6.61. The van der Waals surface area contributed by atoms with E-state index in [2.05, 4.69) is 5.32 Å². The summed E-state index contributed by atoms with van der Waals surface area (Å²) in [6.45, 7) is 4.02. The Morgan fingerprint density at radius 1 is 1.43 bits per heavy atom. The number of hydrogen-bond donors (Lipinski definition) is 1. The minimum atomic E-state index is -0.538. The summed E-state index contributed by atoms with van der Waals surface area (Å²) < 4.78 is 0. The molecule has 0 radical (unpaired) electrons. The van der Waals surface area contributed by atoms with Crippen molar-refractivity contribution in [2.24, 2.45) is 0 Å². The van der Waals surface area contributed by atoms with Gasteiger partial charge in [0.05, 0.1) is 0 Å². The fourth-order valence-corrected chi connectivity index (χ4v) is 1.26. The van der Waals surface area contributed by atoms with E-state index >= 15 is 0 Å². The highest BCUT2D eigenvalue weighted by molar-refractivity contribution is 6.09. The van der Waals surface area contributed by atoms with Gasteiger partial charge in [0.25, 0.3) is 5.91 Å². The van der Waals surface area contributed by atoms with Crippen LogP contribution >= 0.6 is 0 Å². The molecule has 0 aromatic heterocycles. The molecule has 1 aliphatic rings. The van der Waals surface area contributed by atoms with Crippen LogP contribution in [0.5, 0.6) is 0 Å². The van der Waals surface area contributed by atoms with Crippen LogP contribution in [0.1, 0.15) is 13.8 Å². The molecule has 0 spiro atoms. The van der Waals surface area contributed by atoms with Gasteiger partial charge in [-0.15, -0.1) is 0 Å². The quantitative estimate of drug-likeness (QED) is 0.636. The minimum absolute atomic E-state index is 0.154. The molecule has 5 amide bonds. The minimum Gasteiger partial charge on any atom is -0.338 e. The van der Waals surface area contributed by atoms with E-state index in [4.69, 9.17) is 0 Å². The summed E-state index contributed by atoms with van der Waals surface area (Å²) in [7, 11) is 0. The fourth-order valence-electron chi connectivity index (χ4n) is 1.26. The summed E-state index contributed by atoms with van der Waals surface area (Å²) in [6, 6.07) is -1.05. The van der Waals surface area contributed by atoms with E-state index < -0.39 is 12.1 Å². The number of amides is 5.